The number of hydrogen-bond acceptors (Lipinski definition) is 2. The van der Waals surface area contributed by atoms with E-state index in [-0.39, 0.29) is 6.03 Å². The van der Waals surface area contributed by atoms with Crippen LogP contribution in [0.5, 0.6) is 0 Å². The lowest BCUT2D eigenvalue weighted by atomic mass is 10.1. The molecule has 1 fully saturated rings. The Morgan fingerprint density at radius 1 is 1.53 bits per heavy atom. The minimum atomic E-state index is -0.00963. The van der Waals surface area contributed by atoms with Crippen LogP contribution in [0.1, 0.15) is 12.5 Å². The smallest absolute Gasteiger partial charge is 0.319 e. The van der Waals surface area contributed by atoms with Gasteiger partial charge in [-0.15, -0.1) is 0 Å². The highest BCUT2D eigenvalue weighted by atomic mass is 16.2. The predicted octanol–water partition coefficient (Wildman–Crippen LogP) is 1.82. The van der Waals surface area contributed by atoms with Crippen LogP contribution < -0.4 is 10.6 Å². The Morgan fingerprint density at radius 2 is 2.29 bits per heavy atom. The molecule has 0 unspecified atom stereocenters. The van der Waals surface area contributed by atoms with E-state index in [4.69, 9.17) is 0 Å². The zero-order chi connectivity index (χ0) is 12.3. The van der Waals surface area contributed by atoms with Crippen molar-refractivity contribution in [3.8, 4) is 0 Å². The van der Waals surface area contributed by atoms with E-state index in [2.05, 4.69) is 10.6 Å². The van der Waals surface area contributed by atoms with Crippen molar-refractivity contribution in [2.45, 2.75) is 19.9 Å². The molecule has 1 aromatic carbocycles. The van der Waals surface area contributed by atoms with E-state index >= 15 is 0 Å². The molecule has 0 saturated carbocycles. The number of urea groups is 1. The highest BCUT2D eigenvalue weighted by molar-refractivity contribution is 5.89. The third kappa shape index (κ3) is 2.77. The minimum Gasteiger partial charge on any atom is -0.319 e. The SMILES string of the molecule is CCN(C(=O)Nc1cccc(C)c1)C1CNC1. The van der Waals surface area contributed by atoms with Gasteiger partial charge in [-0.3, -0.25) is 0 Å². The second-order valence-electron chi connectivity index (χ2n) is 4.40. The number of anilines is 1. The molecule has 17 heavy (non-hydrogen) atoms. The van der Waals surface area contributed by atoms with Gasteiger partial charge in [-0.1, -0.05) is 12.1 Å². The van der Waals surface area contributed by atoms with Gasteiger partial charge >= 0.3 is 6.03 Å². The monoisotopic (exact) mass is 233 g/mol. The fraction of sp³-hybridized carbons (Fsp3) is 0.462. The standard InChI is InChI=1S/C13H19N3O/c1-3-16(12-8-14-9-12)13(17)15-11-6-4-5-10(2)7-11/h4-7,12,14H,3,8-9H2,1-2H3,(H,15,17). The Bertz CT molecular complexity index is 401. The number of likely N-dealkylation sites (N-methyl/N-ethyl adjacent to an activating group) is 1. The number of amides is 2. The molecule has 0 bridgehead atoms. The Kier molecular flexibility index (Phi) is 3.64. The molecule has 0 aromatic heterocycles. The number of nitrogens with one attached hydrogen (secondary N) is 2. The maximum atomic E-state index is 12.1. The third-order valence-corrected chi connectivity index (χ3v) is 3.07. The summed E-state index contributed by atoms with van der Waals surface area (Å²) in [6.45, 7) is 6.56. The molecule has 0 aliphatic carbocycles. The van der Waals surface area contributed by atoms with Crippen LogP contribution in [0.4, 0.5) is 10.5 Å². The molecule has 4 nitrogen and oxygen atoms in total. The van der Waals surface area contributed by atoms with Gasteiger partial charge in [-0.2, -0.15) is 0 Å². The number of aryl methyl sites for hydroxylation is 1. The minimum absolute atomic E-state index is 0.00963. The molecule has 1 heterocycles. The summed E-state index contributed by atoms with van der Waals surface area (Å²) in [4.78, 5) is 14.0. The molecule has 2 amide bonds. The number of benzene rings is 1. The summed E-state index contributed by atoms with van der Waals surface area (Å²) >= 11 is 0. The van der Waals surface area contributed by atoms with Gasteiger partial charge in [0.2, 0.25) is 0 Å². The highest BCUT2D eigenvalue weighted by Crippen LogP contribution is 2.12. The number of hydrogen-bond donors (Lipinski definition) is 2. The number of carbonyl (C=O) groups excluding carboxylic acids is 1. The Balaban J connectivity index is 1.99. The molecule has 1 aliphatic rings. The lowest BCUT2D eigenvalue weighted by Crippen LogP contribution is -2.59. The number of carbonyl (C=O) groups is 1. The van der Waals surface area contributed by atoms with E-state index in [0.29, 0.717) is 6.04 Å². The average molecular weight is 233 g/mol. The fourth-order valence-electron chi connectivity index (χ4n) is 1.98. The second kappa shape index (κ2) is 5.19. The van der Waals surface area contributed by atoms with Crippen LogP contribution in [0.25, 0.3) is 0 Å². The molecular formula is C13H19N3O. The van der Waals surface area contributed by atoms with Gasteiger partial charge in [0.05, 0.1) is 6.04 Å². The topological polar surface area (TPSA) is 44.4 Å². The van der Waals surface area contributed by atoms with E-state index < -0.39 is 0 Å². The summed E-state index contributed by atoms with van der Waals surface area (Å²) in [6.07, 6.45) is 0. The summed E-state index contributed by atoms with van der Waals surface area (Å²) in [5.41, 5.74) is 2.01. The highest BCUT2D eigenvalue weighted by Gasteiger charge is 2.27. The molecule has 1 aromatic rings. The number of nitrogens with zero attached hydrogens (tertiary/aromatic N) is 1. The predicted molar refractivity (Wildman–Crippen MR) is 69.2 cm³/mol. The lowest BCUT2D eigenvalue weighted by Gasteiger charge is -2.37. The van der Waals surface area contributed by atoms with Gasteiger partial charge in [0.25, 0.3) is 0 Å². The quantitative estimate of drug-likeness (QED) is 0.836. The van der Waals surface area contributed by atoms with Crippen molar-refractivity contribution >= 4 is 11.7 Å². The zero-order valence-corrected chi connectivity index (χ0v) is 10.4. The van der Waals surface area contributed by atoms with Crippen molar-refractivity contribution in [2.75, 3.05) is 25.0 Å². The average Bonchev–Trinajstić information content (AvgIpc) is 2.22. The van der Waals surface area contributed by atoms with E-state index in [1.807, 2.05) is 43.0 Å². The number of rotatable bonds is 3. The van der Waals surface area contributed by atoms with E-state index in [1.165, 1.54) is 0 Å². The first-order chi connectivity index (χ1) is 8.20. The van der Waals surface area contributed by atoms with Crippen molar-refractivity contribution in [1.82, 2.24) is 10.2 Å². The Hall–Kier alpha value is -1.55. The molecule has 0 radical (unpaired) electrons. The first kappa shape index (κ1) is 11.9. The summed E-state index contributed by atoms with van der Waals surface area (Å²) in [7, 11) is 0. The normalized spacial score (nSPS) is 15.2. The first-order valence-corrected chi connectivity index (χ1v) is 6.05. The molecule has 4 heteroatoms. The van der Waals surface area contributed by atoms with Crippen LogP contribution in [0, 0.1) is 6.92 Å². The molecule has 2 N–H and O–H groups in total. The Morgan fingerprint density at radius 3 is 2.82 bits per heavy atom. The summed E-state index contributed by atoms with van der Waals surface area (Å²) in [5.74, 6) is 0. The largest absolute Gasteiger partial charge is 0.322 e. The van der Waals surface area contributed by atoms with Gasteiger partial charge in [-0.25, -0.2) is 4.79 Å². The van der Waals surface area contributed by atoms with Gasteiger partial charge < -0.3 is 15.5 Å². The van der Waals surface area contributed by atoms with Crippen molar-refractivity contribution in [3.05, 3.63) is 29.8 Å². The van der Waals surface area contributed by atoms with Crippen molar-refractivity contribution in [3.63, 3.8) is 0 Å². The van der Waals surface area contributed by atoms with Crippen LogP contribution in [0.15, 0.2) is 24.3 Å². The molecule has 0 spiro atoms. The van der Waals surface area contributed by atoms with E-state index in [0.717, 1.165) is 30.9 Å². The molecule has 2 rings (SSSR count). The maximum absolute atomic E-state index is 12.1. The lowest BCUT2D eigenvalue weighted by molar-refractivity contribution is 0.165. The first-order valence-electron chi connectivity index (χ1n) is 6.05. The fourth-order valence-corrected chi connectivity index (χ4v) is 1.98. The van der Waals surface area contributed by atoms with Crippen LogP contribution >= 0.6 is 0 Å². The third-order valence-electron chi connectivity index (χ3n) is 3.07. The molecule has 92 valence electrons. The van der Waals surface area contributed by atoms with Crippen LogP contribution in [0.3, 0.4) is 0 Å². The maximum Gasteiger partial charge on any atom is 0.322 e. The van der Waals surface area contributed by atoms with Gasteiger partial charge in [0.15, 0.2) is 0 Å². The van der Waals surface area contributed by atoms with Gasteiger partial charge in [-0.05, 0) is 31.5 Å². The van der Waals surface area contributed by atoms with Crippen LogP contribution in [-0.4, -0.2) is 36.6 Å². The van der Waals surface area contributed by atoms with E-state index in [1.54, 1.807) is 0 Å². The molecule has 1 saturated heterocycles. The van der Waals surface area contributed by atoms with Crippen molar-refractivity contribution < 1.29 is 4.79 Å². The molecule has 1 aliphatic heterocycles. The van der Waals surface area contributed by atoms with Crippen molar-refractivity contribution in [2.24, 2.45) is 0 Å². The second-order valence-corrected chi connectivity index (χ2v) is 4.40. The van der Waals surface area contributed by atoms with Crippen LogP contribution in [0.2, 0.25) is 0 Å². The Labute approximate surface area is 102 Å². The molecule has 0 atom stereocenters. The summed E-state index contributed by atoms with van der Waals surface area (Å²) in [5, 5.41) is 6.12. The summed E-state index contributed by atoms with van der Waals surface area (Å²) in [6, 6.07) is 8.19. The molecular weight excluding hydrogens is 214 g/mol. The van der Waals surface area contributed by atoms with Crippen LogP contribution in [-0.2, 0) is 0 Å². The summed E-state index contributed by atoms with van der Waals surface area (Å²) < 4.78 is 0. The van der Waals surface area contributed by atoms with Crippen molar-refractivity contribution in [1.29, 1.82) is 0 Å². The van der Waals surface area contributed by atoms with Gasteiger partial charge in [0, 0.05) is 25.3 Å². The van der Waals surface area contributed by atoms with Gasteiger partial charge in [0.1, 0.15) is 0 Å². The zero-order valence-electron chi connectivity index (χ0n) is 10.4. The van der Waals surface area contributed by atoms with E-state index in [9.17, 15) is 4.79 Å².